The molecule has 1 saturated heterocycles. The average Bonchev–Trinajstić information content (AvgIpc) is 2.80. The maximum Gasteiger partial charge on any atom is 0.352 e. The van der Waals surface area contributed by atoms with E-state index in [9.17, 15) is 19.5 Å². The minimum atomic E-state index is -1.15. The molecule has 2 aromatic rings. The van der Waals surface area contributed by atoms with Gasteiger partial charge in [0.2, 0.25) is 0 Å². The average molecular weight is 504 g/mol. The molecule has 1 unspecified atom stereocenters. The van der Waals surface area contributed by atoms with Gasteiger partial charge in [0.15, 0.2) is 0 Å². The summed E-state index contributed by atoms with van der Waals surface area (Å²) in [6.07, 6.45) is 1.96. The molecule has 0 radical (unpaired) electrons. The zero-order chi connectivity index (χ0) is 23.5. The summed E-state index contributed by atoms with van der Waals surface area (Å²) >= 11 is 8.28. The molecule has 9 nitrogen and oxygen atoms in total. The maximum atomic E-state index is 12.9. The fourth-order valence-corrected chi connectivity index (χ4v) is 6.38. The summed E-state index contributed by atoms with van der Waals surface area (Å²) < 4.78 is 0. The molecule has 0 aliphatic carbocycles. The first-order valence-electron chi connectivity index (χ1n) is 10.0. The van der Waals surface area contributed by atoms with Crippen LogP contribution in [-0.4, -0.2) is 60.0 Å². The normalized spacial score (nSPS) is 19.7. The number of hydrogen-bond donors (Lipinski definition) is 4. The van der Waals surface area contributed by atoms with Crippen molar-refractivity contribution in [3.8, 4) is 0 Å². The molecule has 1 amide bonds. The summed E-state index contributed by atoms with van der Waals surface area (Å²) in [6.45, 7) is 0.397. The Balaban J connectivity index is 1.44. The second-order valence-electron chi connectivity index (χ2n) is 7.43. The van der Waals surface area contributed by atoms with E-state index in [0.717, 1.165) is 11.1 Å². The Morgan fingerprint density at radius 2 is 2.12 bits per heavy atom. The summed E-state index contributed by atoms with van der Waals surface area (Å²) in [6, 6.07) is 8.54. The van der Waals surface area contributed by atoms with Gasteiger partial charge in [-0.25, -0.2) is 9.89 Å². The van der Waals surface area contributed by atoms with Crippen LogP contribution in [0.15, 0.2) is 57.5 Å². The smallest absolute Gasteiger partial charge is 0.352 e. The Hall–Kier alpha value is -2.67. The first kappa shape index (κ1) is 23.5. The molecule has 1 aromatic heterocycles. The van der Waals surface area contributed by atoms with Crippen LogP contribution in [0.3, 0.4) is 0 Å². The summed E-state index contributed by atoms with van der Waals surface area (Å²) in [5.41, 5.74) is 8.08. The fourth-order valence-electron chi connectivity index (χ4n) is 3.73. The number of carbonyl (C=O) groups is 2. The molecule has 1 aromatic carbocycles. The van der Waals surface area contributed by atoms with Crippen molar-refractivity contribution in [2.75, 3.05) is 11.5 Å². The molecular formula is C21H21N5O4S3. The van der Waals surface area contributed by atoms with E-state index in [1.807, 2.05) is 24.3 Å². The van der Waals surface area contributed by atoms with E-state index in [1.54, 1.807) is 0 Å². The minimum Gasteiger partial charge on any atom is -0.477 e. The number of carboxylic acid groups (broad SMARTS) is 1. The molecule has 12 heteroatoms. The zero-order valence-corrected chi connectivity index (χ0v) is 19.8. The number of hydrogen-bond acceptors (Lipinski definition) is 8. The van der Waals surface area contributed by atoms with Gasteiger partial charge in [-0.2, -0.15) is 5.10 Å². The molecule has 0 spiro atoms. The number of carboxylic acids is 1. The van der Waals surface area contributed by atoms with Crippen LogP contribution in [0.25, 0.3) is 0 Å². The van der Waals surface area contributed by atoms with Gasteiger partial charge in [-0.15, -0.1) is 23.5 Å². The number of thiocarbonyl (C=S) groups is 1. The molecule has 2 aliphatic rings. The molecule has 0 bridgehead atoms. The predicted octanol–water partition coefficient (Wildman–Crippen LogP) is 1.10. The lowest BCUT2D eigenvalue weighted by atomic mass is 10.0. The first-order valence-corrected chi connectivity index (χ1v) is 12.5. The highest BCUT2D eigenvalue weighted by Gasteiger charge is 2.53. The molecule has 2 atom stereocenters. The van der Waals surface area contributed by atoms with E-state index in [0.29, 0.717) is 39.9 Å². The quantitative estimate of drug-likeness (QED) is 0.235. The Morgan fingerprint density at radius 1 is 1.36 bits per heavy atom. The Morgan fingerprint density at radius 3 is 2.82 bits per heavy atom. The number of aromatic amines is 1. The number of carbonyl (C=O) groups excluding carboxylic acids is 1. The highest BCUT2D eigenvalue weighted by molar-refractivity contribution is 8.01. The molecule has 1 fully saturated rings. The fraction of sp³-hybridized carbons (Fsp3) is 0.286. The van der Waals surface area contributed by atoms with Crippen LogP contribution in [0.2, 0.25) is 0 Å². The van der Waals surface area contributed by atoms with Crippen LogP contribution in [0.5, 0.6) is 0 Å². The lowest BCUT2D eigenvalue weighted by Crippen LogP contribution is -2.70. The maximum absolute atomic E-state index is 12.9. The van der Waals surface area contributed by atoms with Crippen LogP contribution in [0.1, 0.15) is 11.1 Å². The van der Waals surface area contributed by atoms with Crippen LogP contribution < -0.4 is 16.6 Å². The van der Waals surface area contributed by atoms with Crippen molar-refractivity contribution in [1.29, 1.82) is 0 Å². The molecule has 172 valence electrons. The molecule has 5 N–H and O–H groups in total. The molecular weight excluding hydrogens is 482 g/mol. The van der Waals surface area contributed by atoms with E-state index >= 15 is 0 Å². The van der Waals surface area contributed by atoms with Gasteiger partial charge in [0.1, 0.15) is 17.1 Å². The second kappa shape index (κ2) is 10.1. The number of rotatable bonds is 8. The molecule has 33 heavy (non-hydrogen) atoms. The largest absolute Gasteiger partial charge is 0.477 e. The van der Waals surface area contributed by atoms with Gasteiger partial charge in [-0.3, -0.25) is 14.5 Å². The van der Waals surface area contributed by atoms with Crippen LogP contribution in [0, 0.1) is 0 Å². The third-order valence-electron chi connectivity index (χ3n) is 5.31. The Kier molecular flexibility index (Phi) is 7.17. The molecule has 0 saturated carbocycles. The number of benzene rings is 1. The predicted molar refractivity (Wildman–Crippen MR) is 131 cm³/mol. The number of aromatic nitrogens is 2. The highest BCUT2D eigenvalue weighted by atomic mass is 32.2. The first-order chi connectivity index (χ1) is 15.9. The van der Waals surface area contributed by atoms with Gasteiger partial charge in [0.05, 0.1) is 11.2 Å². The molecule has 3 heterocycles. The van der Waals surface area contributed by atoms with E-state index in [-0.39, 0.29) is 22.5 Å². The van der Waals surface area contributed by atoms with E-state index in [1.165, 1.54) is 40.7 Å². The second-order valence-corrected chi connectivity index (χ2v) is 10.1. The third kappa shape index (κ3) is 4.98. The van der Waals surface area contributed by atoms with Crippen molar-refractivity contribution >= 4 is 52.6 Å². The third-order valence-corrected chi connectivity index (χ3v) is 7.96. The van der Waals surface area contributed by atoms with Crippen LogP contribution in [-0.2, 0) is 22.6 Å². The Labute approximate surface area is 203 Å². The number of aliphatic carboxylic acids is 1. The topological polar surface area (TPSA) is 141 Å². The van der Waals surface area contributed by atoms with E-state index < -0.39 is 12.0 Å². The lowest BCUT2D eigenvalue weighted by Gasteiger charge is -2.49. The lowest BCUT2D eigenvalue weighted by molar-refractivity contribution is -0.148. The number of nitrogens with two attached hydrogens (primary N) is 1. The van der Waals surface area contributed by atoms with Crippen LogP contribution >= 0.6 is 35.7 Å². The van der Waals surface area contributed by atoms with Gasteiger partial charge in [-0.1, -0.05) is 36.5 Å². The number of nitrogens with one attached hydrogen (secondary N) is 2. The van der Waals surface area contributed by atoms with E-state index in [2.05, 4.69) is 15.5 Å². The monoisotopic (exact) mass is 503 g/mol. The van der Waals surface area contributed by atoms with Gasteiger partial charge in [0, 0.05) is 35.4 Å². The van der Waals surface area contributed by atoms with E-state index in [4.69, 9.17) is 18.0 Å². The van der Waals surface area contributed by atoms with Crippen LogP contribution in [0.4, 0.5) is 0 Å². The number of nitrogens with zero attached hydrogens (tertiary/aromatic N) is 2. The molecule has 4 rings (SSSR count). The number of amides is 1. The standard InChI is InChI=1S/C21H21N5O4S3/c22-7-12-4-2-1-3-11(12)5-16(31)24-17-19(28)26-18(21(29)30)13(10-33-20(17)26)9-32-14-6-15(27)25-23-8-14/h1-4,6,8,17,20H,5,7,9-10,22H2,(H,24,31)(H,25,27)(H,29,30)/t17?,20-/m1/s1. The summed E-state index contributed by atoms with van der Waals surface area (Å²) in [5.74, 6) is -0.672. The number of H-pyrrole nitrogens is 1. The van der Waals surface area contributed by atoms with Crippen molar-refractivity contribution in [1.82, 2.24) is 20.4 Å². The zero-order valence-electron chi connectivity index (χ0n) is 17.3. The van der Waals surface area contributed by atoms with Gasteiger partial charge in [-0.05, 0) is 16.7 Å². The minimum absolute atomic E-state index is 0.00601. The highest BCUT2D eigenvalue weighted by Crippen LogP contribution is 2.41. The summed E-state index contributed by atoms with van der Waals surface area (Å²) in [5, 5.41) is 18.6. The van der Waals surface area contributed by atoms with Gasteiger partial charge >= 0.3 is 5.97 Å². The number of β-lactam (4-membered cyclic amide) rings is 1. The van der Waals surface area contributed by atoms with Gasteiger partial charge < -0.3 is 16.2 Å². The summed E-state index contributed by atoms with van der Waals surface area (Å²) in [4.78, 5) is 38.8. The SMILES string of the molecule is NCc1ccccc1CC(=S)NC1C(=O)N2C(C(=O)O)=C(CSc3cn[nH]c(=O)c3)CS[C@H]12. The Bertz CT molecular complexity index is 1200. The number of fused-ring (bicyclic) bond motifs is 1. The van der Waals surface area contributed by atoms with Crippen molar-refractivity contribution in [3.63, 3.8) is 0 Å². The molecule has 2 aliphatic heterocycles. The van der Waals surface area contributed by atoms with Crippen molar-refractivity contribution < 1.29 is 14.7 Å². The van der Waals surface area contributed by atoms with Crippen molar-refractivity contribution in [3.05, 3.63) is 69.3 Å². The van der Waals surface area contributed by atoms with Gasteiger partial charge in [0.25, 0.3) is 11.5 Å². The van der Waals surface area contributed by atoms with Crippen molar-refractivity contribution in [2.24, 2.45) is 5.73 Å². The summed E-state index contributed by atoms with van der Waals surface area (Å²) in [7, 11) is 0. The van der Waals surface area contributed by atoms with Crippen molar-refractivity contribution in [2.45, 2.75) is 29.3 Å². The number of thioether (sulfide) groups is 2.